The summed E-state index contributed by atoms with van der Waals surface area (Å²) in [4.78, 5) is 21.8. The van der Waals surface area contributed by atoms with Crippen molar-refractivity contribution in [3.63, 3.8) is 0 Å². The van der Waals surface area contributed by atoms with Gasteiger partial charge in [0.05, 0.1) is 10.2 Å². The second-order valence-electron chi connectivity index (χ2n) is 7.00. The lowest BCUT2D eigenvalue weighted by molar-refractivity contribution is 0.0980. The van der Waals surface area contributed by atoms with E-state index in [4.69, 9.17) is 4.98 Å². The van der Waals surface area contributed by atoms with Gasteiger partial charge in [0.1, 0.15) is 0 Å². The second-order valence-corrected chi connectivity index (χ2v) is 8.92. The summed E-state index contributed by atoms with van der Waals surface area (Å²) in [5, 5.41) is 5.17. The van der Waals surface area contributed by atoms with Crippen LogP contribution in [0.5, 0.6) is 0 Å². The van der Waals surface area contributed by atoms with Crippen LogP contribution < -0.4 is 4.90 Å². The van der Waals surface area contributed by atoms with Crippen molar-refractivity contribution in [2.75, 3.05) is 32.1 Å². The van der Waals surface area contributed by atoms with Crippen molar-refractivity contribution in [2.24, 2.45) is 0 Å². The van der Waals surface area contributed by atoms with E-state index in [0.717, 1.165) is 27.7 Å². The number of carbonyl (C=O) groups is 1. The molecule has 27 heavy (non-hydrogen) atoms. The summed E-state index contributed by atoms with van der Waals surface area (Å²) in [7, 11) is 4.07. The maximum Gasteiger partial charge on any atom is 0.280 e. The standard InChI is InChI=1S/C19H24BrN5OS/c1-13(2)25-11-8-16(22-25)18(26)24(10-5-9-23(3)4)19-21-15-7-6-14(20)12-17(15)27-19/h6-8,11-13H,5,9-10H2,1-4H3. The average Bonchev–Trinajstić information content (AvgIpc) is 3.24. The third-order valence-corrected chi connectivity index (χ3v) is 5.69. The summed E-state index contributed by atoms with van der Waals surface area (Å²) in [6, 6.07) is 7.97. The quantitative estimate of drug-likeness (QED) is 0.534. The first-order valence-electron chi connectivity index (χ1n) is 8.93. The first-order valence-corrected chi connectivity index (χ1v) is 10.5. The molecule has 0 aliphatic heterocycles. The number of carbonyl (C=O) groups excluding carboxylic acids is 1. The Hall–Kier alpha value is -1.77. The molecule has 8 heteroatoms. The van der Waals surface area contributed by atoms with E-state index >= 15 is 0 Å². The molecule has 3 aromatic rings. The molecule has 0 saturated carbocycles. The van der Waals surface area contributed by atoms with Crippen LogP contribution in [0.25, 0.3) is 10.2 Å². The van der Waals surface area contributed by atoms with Gasteiger partial charge in [-0.25, -0.2) is 4.98 Å². The molecule has 144 valence electrons. The predicted octanol–water partition coefficient (Wildman–Crippen LogP) is 4.43. The van der Waals surface area contributed by atoms with Crippen molar-refractivity contribution in [1.29, 1.82) is 0 Å². The first kappa shape index (κ1) is 20.0. The molecular formula is C19H24BrN5OS. The Morgan fingerprint density at radius 1 is 1.26 bits per heavy atom. The largest absolute Gasteiger partial charge is 0.309 e. The molecule has 0 fully saturated rings. The molecule has 0 radical (unpaired) electrons. The number of hydrogen-bond donors (Lipinski definition) is 0. The van der Waals surface area contributed by atoms with Crippen LogP contribution in [-0.2, 0) is 0 Å². The zero-order valence-electron chi connectivity index (χ0n) is 16.0. The molecule has 0 N–H and O–H groups in total. The van der Waals surface area contributed by atoms with Crippen molar-refractivity contribution >= 4 is 48.5 Å². The minimum atomic E-state index is -0.105. The normalized spacial score (nSPS) is 11.7. The van der Waals surface area contributed by atoms with Crippen molar-refractivity contribution in [2.45, 2.75) is 26.3 Å². The van der Waals surface area contributed by atoms with Gasteiger partial charge in [-0.15, -0.1) is 0 Å². The maximum absolute atomic E-state index is 13.2. The summed E-state index contributed by atoms with van der Waals surface area (Å²) >= 11 is 5.03. The molecule has 6 nitrogen and oxygen atoms in total. The summed E-state index contributed by atoms with van der Waals surface area (Å²) < 4.78 is 3.87. The number of rotatable bonds is 7. The number of halogens is 1. The highest BCUT2D eigenvalue weighted by Gasteiger charge is 2.23. The summed E-state index contributed by atoms with van der Waals surface area (Å²) in [6.45, 7) is 5.59. The fourth-order valence-corrected chi connectivity index (χ4v) is 4.25. The minimum absolute atomic E-state index is 0.105. The zero-order valence-corrected chi connectivity index (χ0v) is 18.4. The van der Waals surface area contributed by atoms with E-state index in [1.54, 1.807) is 15.6 Å². The molecule has 0 unspecified atom stereocenters. The topological polar surface area (TPSA) is 54.3 Å². The fraction of sp³-hybridized carbons (Fsp3) is 0.421. The van der Waals surface area contributed by atoms with Crippen molar-refractivity contribution in [3.05, 3.63) is 40.6 Å². The van der Waals surface area contributed by atoms with Gasteiger partial charge in [-0.2, -0.15) is 5.10 Å². The van der Waals surface area contributed by atoms with Gasteiger partial charge in [0.15, 0.2) is 10.8 Å². The number of amides is 1. The van der Waals surface area contributed by atoms with E-state index in [1.807, 2.05) is 52.3 Å². The van der Waals surface area contributed by atoms with Gasteiger partial charge in [0, 0.05) is 23.3 Å². The highest BCUT2D eigenvalue weighted by atomic mass is 79.9. The molecule has 0 aliphatic rings. The number of aromatic nitrogens is 3. The minimum Gasteiger partial charge on any atom is -0.309 e. The highest BCUT2D eigenvalue weighted by Crippen LogP contribution is 2.31. The molecule has 0 saturated heterocycles. The van der Waals surface area contributed by atoms with E-state index in [-0.39, 0.29) is 11.9 Å². The third-order valence-electron chi connectivity index (χ3n) is 4.16. The summed E-state index contributed by atoms with van der Waals surface area (Å²) in [5.41, 5.74) is 1.35. The van der Waals surface area contributed by atoms with E-state index in [0.29, 0.717) is 17.4 Å². The molecule has 1 amide bonds. The van der Waals surface area contributed by atoms with E-state index in [1.165, 1.54) is 11.3 Å². The van der Waals surface area contributed by atoms with Crippen molar-refractivity contribution < 1.29 is 4.79 Å². The van der Waals surface area contributed by atoms with Crippen LogP contribution >= 0.6 is 27.3 Å². The van der Waals surface area contributed by atoms with Gasteiger partial charge in [0.25, 0.3) is 5.91 Å². The van der Waals surface area contributed by atoms with Gasteiger partial charge in [-0.1, -0.05) is 27.3 Å². The fourth-order valence-electron chi connectivity index (χ4n) is 2.71. The Balaban J connectivity index is 1.91. The Morgan fingerprint density at radius 2 is 2.04 bits per heavy atom. The van der Waals surface area contributed by atoms with Gasteiger partial charge in [-0.05, 0) is 65.2 Å². The van der Waals surface area contributed by atoms with Crippen LogP contribution in [0.2, 0.25) is 0 Å². The lowest BCUT2D eigenvalue weighted by Crippen LogP contribution is -2.33. The molecule has 0 aliphatic carbocycles. The van der Waals surface area contributed by atoms with Crippen molar-refractivity contribution in [1.82, 2.24) is 19.7 Å². The molecule has 0 bridgehead atoms. The number of fused-ring (bicyclic) bond motifs is 1. The first-order chi connectivity index (χ1) is 12.8. The summed E-state index contributed by atoms with van der Waals surface area (Å²) in [6.07, 6.45) is 2.72. The van der Waals surface area contributed by atoms with E-state index in [9.17, 15) is 4.79 Å². The molecule has 2 aromatic heterocycles. The molecule has 0 spiro atoms. The molecule has 0 atom stereocenters. The number of benzene rings is 1. The molecular weight excluding hydrogens is 426 g/mol. The van der Waals surface area contributed by atoms with Crippen LogP contribution in [0.1, 0.15) is 36.8 Å². The second kappa shape index (κ2) is 8.50. The smallest absolute Gasteiger partial charge is 0.280 e. The monoisotopic (exact) mass is 449 g/mol. The van der Waals surface area contributed by atoms with Gasteiger partial charge >= 0.3 is 0 Å². The number of hydrogen-bond acceptors (Lipinski definition) is 5. The molecule has 2 heterocycles. The molecule has 3 rings (SSSR count). The zero-order chi connectivity index (χ0) is 19.6. The maximum atomic E-state index is 13.2. The lowest BCUT2D eigenvalue weighted by atomic mass is 10.3. The van der Waals surface area contributed by atoms with Crippen molar-refractivity contribution in [3.8, 4) is 0 Å². The van der Waals surface area contributed by atoms with Crippen LogP contribution in [0.3, 0.4) is 0 Å². The van der Waals surface area contributed by atoms with Crippen LogP contribution in [-0.4, -0.2) is 52.8 Å². The Labute approximate surface area is 171 Å². The third kappa shape index (κ3) is 4.75. The van der Waals surface area contributed by atoms with Crippen LogP contribution in [0.15, 0.2) is 34.9 Å². The number of anilines is 1. The van der Waals surface area contributed by atoms with E-state index in [2.05, 4.69) is 25.9 Å². The Bertz CT molecular complexity index is 933. The van der Waals surface area contributed by atoms with Crippen LogP contribution in [0.4, 0.5) is 5.13 Å². The summed E-state index contributed by atoms with van der Waals surface area (Å²) in [5.74, 6) is -0.105. The van der Waals surface area contributed by atoms with Gasteiger partial charge in [0.2, 0.25) is 0 Å². The van der Waals surface area contributed by atoms with E-state index < -0.39 is 0 Å². The van der Waals surface area contributed by atoms with Gasteiger partial charge < -0.3 is 4.90 Å². The number of nitrogens with zero attached hydrogens (tertiary/aromatic N) is 5. The lowest BCUT2D eigenvalue weighted by Gasteiger charge is -2.20. The van der Waals surface area contributed by atoms with Crippen LogP contribution in [0, 0.1) is 0 Å². The SMILES string of the molecule is CC(C)n1ccc(C(=O)N(CCCN(C)C)c2nc3ccc(Br)cc3s2)n1. The average molecular weight is 450 g/mol. The Morgan fingerprint density at radius 3 is 2.70 bits per heavy atom. The van der Waals surface area contributed by atoms with Gasteiger partial charge in [-0.3, -0.25) is 14.4 Å². The number of thiazole rings is 1. The molecule has 1 aromatic carbocycles. The Kier molecular flexibility index (Phi) is 6.29. The predicted molar refractivity (Wildman–Crippen MR) is 115 cm³/mol. The highest BCUT2D eigenvalue weighted by molar-refractivity contribution is 9.10.